The minimum absolute atomic E-state index is 0.156. The van der Waals surface area contributed by atoms with Gasteiger partial charge in [-0.3, -0.25) is 4.99 Å². The van der Waals surface area contributed by atoms with Crippen molar-refractivity contribution in [3.63, 3.8) is 0 Å². The Kier molecular flexibility index (Phi) is 4.39. The summed E-state index contributed by atoms with van der Waals surface area (Å²) in [5.41, 5.74) is 4.92. The largest absolute Gasteiger partial charge is 0.494 e. The highest BCUT2D eigenvalue weighted by Gasteiger charge is 2.14. The number of H-pyrrole nitrogens is 1. The Bertz CT molecular complexity index is 935. The number of nitrogens with one attached hydrogen (secondary N) is 1. The number of hydrogen-bond acceptors (Lipinski definition) is 4. The van der Waals surface area contributed by atoms with Crippen LogP contribution >= 0.6 is 0 Å². The Morgan fingerprint density at radius 1 is 1.04 bits per heavy atom. The number of fused-ring (bicyclic) bond motifs is 1. The molecule has 1 fully saturated rings. The molecule has 1 aliphatic rings. The van der Waals surface area contributed by atoms with Crippen molar-refractivity contribution in [2.75, 3.05) is 38.1 Å². The zero-order valence-corrected chi connectivity index (χ0v) is 15.2. The lowest BCUT2D eigenvalue weighted by molar-refractivity contribution is 0.313. The number of aliphatic imine (C=N–C) groups is 1. The fraction of sp³-hybridized carbons (Fsp3) is 0.286. The van der Waals surface area contributed by atoms with Gasteiger partial charge in [-0.15, -0.1) is 0 Å². The predicted octanol–water partition coefficient (Wildman–Crippen LogP) is 3.68. The number of aromatic hydroxyl groups is 1. The molecule has 0 atom stereocenters. The summed E-state index contributed by atoms with van der Waals surface area (Å²) in [6, 6.07) is 14.4. The highest BCUT2D eigenvalue weighted by molar-refractivity contribution is 6.02. The van der Waals surface area contributed by atoms with Gasteiger partial charge >= 0.3 is 0 Å². The summed E-state index contributed by atoms with van der Waals surface area (Å²) in [7, 11) is 2.16. The first kappa shape index (κ1) is 16.7. The summed E-state index contributed by atoms with van der Waals surface area (Å²) in [6.07, 6.45) is 1.73. The average molecular weight is 348 g/mol. The van der Waals surface area contributed by atoms with Crippen molar-refractivity contribution in [3.8, 4) is 5.88 Å². The molecule has 5 nitrogen and oxygen atoms in total. The van der Waals surface area contributed by atoms with Crippen LogP contribution in [-0.2, 0) is 0 Å². The fourth-order valence-electron chi connectivity index (χ4n) is 3.40. The van der Waals surface area contributed by atoms with Gasteiger partial charge in [0.25, 0.3) is 0 Å². The summed E-state index contributed by atoms with van der Waals surface area (Å²) in [5.74, 6) is 0.156. The van der Waals surface area contributed by atoms with Crippen molar-refractivity contribution < 1.29 is 5.11 Å². The summed E-state index contributed by atoms with van der Waals surface area (Å²) in [4.78, 5) is 12.3. The normalized spacial score (nSPS) is 16.0. The quantitative estimate of drug-likeness (QED) is 0.710. The number of aryl methyl sites for hydroxylation is 1. The first-order chi connectivity index (χ1) is 12.6. The van der Waals surface area contributed by atoms with Crippen LogP contribution in [0, 0.1) is 6.92 Å². The molecule has 1 aromatic heterocycles. The van der Waals surface area contributed by atoms with E-state index in [1.165, 1.54) is 5.69 Å². The Hall–Kier alpha value is -2.79. The molecule has 0 unspecified atom stereocenters. The zero-order valence-electron chi connectivity index (χ0n) is 15.2. The number of anilines is 1. The number of aromatic amines is 1. The molecule has 1 aliphatic heterocycles. The maximum Gasteiger partial charge on any atom is 0.198 e. The summed E-state index contributed by atoms with van der Waals surface area (Å²) in [5, 5.41) is 11.2. The zero-order chi connectivity index (χ0) is 18.1. The molecule has 0 saturated carbocycles. The molecule has 1 saturated heterocycles. The molecule has 26 heavy (non-hydrogen) atoms. The molecule has 3 aromatic rings. The van der Waals surface area contributed by atoms with E-state index >= 15 is 0 Å². The van der Waals surface area contributed by atoms with Crippen LogP contribution in [0.4, 0.5) is 11.4 Å². The van der Waals surface area contributed by atoms with Crippen LogP contribution in [0.25, 0.3) is 10.9 Å². The van der Waals surface area contributed by atoms with Crippen LogP contribution in [0.3, 0.4) is 0 Å². The van der Waals surface area contributed by atoms with Crippen molar-refractivity contribution >= 4 is 28.5 Å². The lowest BCUT2D eigenvalue weighted by Crippen LogP contribution is -2.44. The van der Waals surface area contributed by atoms with Gasteiger partial charge in [0.1, 0.15) is 0 Å². The van der Waals surface area contributed by atoms with Crippen LogP contribution in [0.5, 0.6) is 5.88 Å². The van der Waals surface area contributed by atoms with Crippen molar-refractivity contribution in [2.24, 2.45) is 4.99 Å². The van der Waals surface area contributed by atoms with Gasteiger partial charge in [0.05, 0.1) is 11.3 Å². The molecule has 5 heteroatoms. The highest BCUT2D eigenvalue weighted by atomic mass is 16.3. The minimum atomic E-state index is 0.156. The molecule has 2 aromatic carbocycles. The Morgan fingerprint density at radius 2 is 1.77 bits per heavy atom. The number of hydrogen-bond donors (Lipinski definition) is 2. The van der Waals surface area contributed by atoms with Crippen LogP contribution in [0.1, 0.15) is 11.1 Å². The maximum atomic E-state index is 10.2. The highest BCUT2D eigenvalue weighted by Crippen LogP contribution is 2.27. The lowest BCUT2D eigenvalue weighted by Gasteiger charge is -2.34. The molecule has 0 bridgehead atoms. The smallest absolute Gasteiger partial charge is 0.198 e. The minimum Gasteiger partial charge on any atom is -0.494 e. The Balaban J connectivity index is 1.54. The monoisotopic (exact) mass is 348 g/mol. The van der Waals surface area contributed by atoms with Gasteiger partial charge in [0.15, 0.2) is 5.88 Å². The van der Waals surface area contributed by atoms with E-state index in [0.29, 0.717) is 0 Å². The second kappa shape index (κ2) is 6.84. The molecule has 0 radical (unpaired) electrons. The van der Waals surface area contributed by atoms with E-state index < -0.39 is 0 Å². The fourth-order valence-corrected chi connectivity index (χ4v) is 3.40. The molecule has 4 rings (SSSR count). The van der Waals surface area contributed by atoms with Crippen molar-refractivity contribution in [2.45, 2.75) is 6.92 Å². The van der Waals surface area contributed by atoms with Crippen LogP contribution in [0.2, 0.25) is 0 Å². The van der Waals surface area contributed by atoms with Crippen LogP contribution < -0.4 is 4.90 Å². The number of rotatable bonds is 3. The summed E-state index contributed by atoms with van der Waals surface area (Å²) in [6.45, 7) is 6.35. The predicted molar refractivity (Wildman–Crippen MR) is 108 cm³/mol. The SMILES string of the molecule is Cc1ccc2[nH]c(O)c(C=Nc3ccc(N4CCN(C)CC4)cc3)c2c1. The molecule has 2 N–H and O–H groups in total. The van der Waals surface area contributed by atoms with Gasteiger partial charge in [0, 0.05) is 49.0 Å². The summed E-state index contributed by atoms with van der Waals surface area (Å²) < 4.78 is 0. The van der Waals surface area contributed by atoms with Crippen LogP contribution in [-0.4, -0.2) is 54.4 Å². The lowest BCUT2D eigenvalue weighted by atomic mass is 10.1. The van der Waals surface area contributed by atoms with Gasteiger partial charge in [-0.05, 0) is 50.4 Å². The molecule has 0 aliphatic carbocycles. The van der Waals surface area contributed by atoms with Crippen molar-refractivity contribution in [1.29, 1.82) is 0 Å². The topological polar surface area (TPSA) is 54.9 Å². The number of likely N-dealkylation sites (N-methyl/N-ethyl adjacent to an activating group) is 1. The van der Waals surface area contributed by atoms with Gasteiger partial charge < -0.3 is 19.9 Å². The average Bonchev–Trinajstić information content (AvgIpc) is 2.96. The number of nitrogens with zero attached hydrogens (tertiary/aromatic N) is 3. The molecule has 0 amide bonds. The first-order valence-corrected chi connectivity index (χ1v) is 8.99. The number of piperazine rings is 1. The van der Waals surface area contributed by atoms with E-state index in [4.69, 9.17) is 0 Å². The first-order valence-electron chi connectivity index (χ1n) is 8.99. The number of aromatic nitrogens is 1. The van der Waals surface area contributed by atoms with Crippen LogP contribution in [0.15, 0.2) is 47.5 Å². The second-order valence-corrected chi connectivity index (χ2v) is 7.00. The maximum absolute atomic E-state index is 10.2. The van der Waals surface area contributed by atoms with Gasteiger partial charge in [-0.1, -0.05) is 11.6 Å². The third-order valence-corrected chi connectivity index (χ3v) is 5.03. The second-order valence-electron chi connectivity index (χ2n) is 7.00. The van der Waals surface area contributed by atoms with Gasteiger partial charge in [-0.2, -0.15) is 0 Å². The molecular weight excluding hydrogens is 324 g/mol. The van der Waals surface area contributed by atoms with E-state index in [0.717, 1.165) is 53.9 Å². The van der Waals surface area contributed by atoms with E-state index in [1.807, 2.05) is 31.2 Å². The van der Waals surface area contributed by atoms with E-state index in [2.05, 4.69) is 45.0 Å². The summed E-state index contributed by atoms with van der Waals surface area (Å²) >= 11 is 0. The molecular formula is C21H24N4O. The number of benzene rings is 2. The Labute approximate surface area is 153 Å². The standard InChI is InChI=1S/C21H24N4O/c1-15-3-8-20-18(13-15)19(21(26)23-20)14-22-16-4-6-17(7-5-16)25-11-9-24(2)10-12-25/h3-8,13-14,23,26H,9-12H2,1-2H3. The third kappa shape index (κ3) is 3.30. The Morgan fingerprint density at radius 3 is 2.50 bits per heavy atom. The third-order valence-electron chi connectivity index (χ3n) is 5.03. The van der Waals surface area contributed by atoms with Crippen molar-refractivity contribution in [3.05, 3.63) is 53.6 Å². The molecule has 0 spiro atoms. The van der Waals surface area contributed by atoms with E-state index in [-0.39, 0.29) is 5.88 Å². The van der Waals surface area contributed by atoms with E-state index in [1.54, 1.807) is 6.21 Å². The van der Waals surface area contributed by atoms with E-state index in [9.17, 15) is 5.11 Å². The van der Waals surface area contributed by atoms with Crippen molar-refractivity contribution in [1.82, 2.24) is 9.88 Å². The molecule has 2 heterocycles. The molecule has 134 valence electrons. The van der Waals surface area contributed by atoms with Gasteiger partial charge in [-0.25, -0.2) is 0 Å². The van der Waals surface area contributed by atoms with Gasteiger partial charge in [0.2, 0.25) is 0 Å².